The lowest BCUT2D eigenvalue weighted by Gasteiger charge is -2.24. The third-order valence-corrected chi connectivity index (χ3v) is 2.85. The zero-order chi connectivity index (χ0) is 16.6. The van der Waals surface area contributed by atoms with Gasteiger partial charge in [0.1, 0.15) is 6.54 Å². The third-order valence-electron chi connectivity index (χ3n) is 2.85. The number of carboxylic acids is 1. The summed E-state index contributed by atoms with van der Waals surface area (Å²) in [7, 11) is 0. The molecule has 2 amide bonds. The Kier molecular flexibility index (Phi) is 8.12. The van der Waals surface area contributed by atoms with Crippen LogP contribution in [0.15, 0.2) is 0 Å². The first-order valence-corrected chi connectivity index (χ1v) is 6.86. The maximum atomic E-state index is 12.3. The minimum atomic E-state index is -4.45. The Hall–Kier alpha value is -1.47. The van der Waals surface area contributed by atoms with Crippen molar-refractivity contribution in [3.05, 3.63) is 0 Å². The third kappa shape index (κ3) is 9.97. The van der Waals surface area contributed by atoms with Gasteiger partial charge in [0.15, 0.2) is 0 Å². The highest BCUT2D eigenvalue weighted by atomic mass is 19.4. The fourth-order valence-electron chi connectivity index (χ4n) is 2.04. The summed E-state index contributed by atoms with van der Waals surface area (Å²) in [6, 6.07) is -0.825. The Balaban J connectivity index is 4.48. The fourth-order valence-corrected chi connectivity index (χ4v) is 2.04. The van der Waals surface area contributed by atoms with Crippen molar-refractivity contribution in [3.8, 4) is 0 Å². The van der Waals surface area contributed by atoms with E-state index >= 15 is 0 Å². The van der Waals surface area contributed by atoms with E-state index in [9.17, 15) is 22.8 Å². The maximum Gasteiger partial charge on any atom is 0.406 e. The fraction of sp³-hybridized carbons (Fsp3) is 0.846. The molecule has 0 spiro atoms. The average Bonchev–Trinajstić information content (AvgIpc) is 2.30. The topological polar surface area (TPSA) is 69.6 Å². The van der Waals surface area contributed by atoms with Gasteiger partial charge >= 0.3 is 18.2 Å². The number of amides is 2. The van der Waals surface area contributed by atoms with Crippen LogP contribution >= 0.6 is 0 Å². The van der Waals surface area contributed by atoms with E-state index in [0.29, 0.717) is 11.3 Å². The smallest absolute Gasteiger partial charge is 0.406 e. The quantitative estimate of drug-likeness (QED) is 0.724. The molecular weight excluding hydrogens is 289 g/mol. The molecule has 1 unspecified atom stereocenters. The largest absolute Gasteiger partial charge is 0.481 e. The van der Waals surface area contributed by atoms with Crippen LogP contribution in [-0.2, 0) is 4.79 Å². The molecule has 0 saturated carbocycles. The first-order chi connectivity index (χ1) is 9.55. The summed E-state index contributed by atoms with van der Waals surface area (Å²) in [5, 5.41) is 11.2. The molecule has 0 rings (SSSR count). The van der Waals surface area contributed by atoms with Gasteiger partial charge in [0.25, 0.3) is 0 Å². The molecule has 0 aromatic rings. The normalized spacial score (nSPS) is 13.1. The van der Waals surface area contributed by atoms with Gasteiger partial charge in [0, 0.05) is 19.5 Å². The summed E-state index contributed by atoms with van der Waals surface area (Å²) >= 11 is 0. The van der Waals surface area contributed by atoms with Crippen LogP contribution in [0.5, 0.6) is 0 Å². The zero-order valence-electron chi connectivity index (χ0n) is 12.5. The molecule has 1 atom stereocenters. The van der Waals surface area contributed by atoms with Crippen molar-refractivity contribution in [2.75, 3.05) is 19.6 Å². The van der Waals surface area contributed by atoms with E-state index in [4.69, 9.17) is 5.11 Å². The van der Waals surface area contributed by atoms with Gasteiger partial charge in [-0.15, -0.1) is 0 Å². The monoisotopic (exact) mass is 312 g/mol. The Morgan fingerprint density at radius 3 is 2.24 bits per heavy atom. The van der Waals surface area contributed by atoms with Crippen LogP contribution < -0.4 is 5.32 Å². The van der Waals surface area contributed by atoms with Crippen molar-refractivity contribution in [2.45, 2.75) is 39.8 Å². The second-order valence-corrected chi connectivity index (χ2v) is 5.41. The number of halogens is 3. The van der Waals surface area contributed by atoms with Crippen LogP contribution in [0.2, 0.25) is 0 Å². The van der Waals surface area contributed by atoms with E-state index < -0.39 is 24.7 Å². The molecule has 0 aliphatic carbocycles. The first-order valence-electron chi connectivity index (χ1n) is 6.86. The molecule has 5 nitrogen and oxygen atoms in total. The van der Waals surface area contributed by atoms with Crippen molar-refractivity contribution >= 4 is 12.0 Å². The second-order valence-electron chi connectivity index (χ2n) is 5.41. The molecule has 2 N–H and O–H groups in total. The molecule has 0 heterocycles. The van der Waals surface area contributed by atoms with Gasteiger partial charge in [-0.3, -0.25) is 4.79 Å². The number of carbonyl (C=O) groups excluding carboxylic acids is 1. The van der Waals surface area contributed by atoms with Crippen molar-refractivity contribution in [1.82, 2.24) is 10.2 Å². The van der Waals surface area contributed by atoms with Gasteiger partial charge in [0.2, 0.25) is 0 Å². The van der Waals surface area contributed by atoms with Gasteiger partial charge < -0.3 is 15.3 Å². The van der Waals surface area contributed by atoms with Crippen LogP contribution in [0.3, 0.4) is 0 Å². The Labute approximate surface area is 122 Å². The number of nitrogens with one attached hydrogen (secondary N) is 1. The maximum absolute atomic E-state index is 12.3. The van der Waals surface area contributed by atoms with Crippen molar-refractivity contribution < 1.29 is 27.9 Å². The van der Waals surface area contributed by atoms with Crippen molar-refractivity contribution in [1.29, 1.82) is 0 Å². The highest BCUT2D eigenvalue weighted by molar-refractivity contribution is 5.74. The number of aliphatic carboxylic acids is 1. The Morgan fingerprint density at radius 2 is 1.86 bits per heavy atom. The molecule has 0 aromatic heterocycles. The van der Waals surface area contributed by atoms with Gasteiger partial charge in [-0.05, 0) is 25.2 Å². The molecule has 0 aliphatic rings. The summed E-state index contributed by atoms with van der Waals surface area (Å²) < 4.78 is 36.9. The zero-order valence-corrected chi connectivity index (χ0v) is 12.5. The van der Waals surface area contributed by atoms with Crippen LogP contribution in [0.4, 0.5) is 18.0 Å². The molecule has 0 fully saturated rings. The minimum absolute atomic E-state index is 0.0532. The first kappa shape index (κ1) is 19.5. The molecule has 0 saturated heterocycles. The average molecular weight is 312 g/mol. The predicted molar refractivity (Wildman–Crippen MR) is 71.9 cm³/mol. The van der Waals surface area contributed by atoms with E-state index in [-0.39, 0.29) is 31.3 Å². The van der Waals surface area contributed by atoms with Crippen LogP contribution in [0.25, 0.3) is 0 Å². The number of urea groups is 1. The second kappa shape index (κ2) is 8.74. The van der Waals surface area contributed by atoms with Crippen LogP contribution in [-0.4, -0.2) is 47.8 Å². The highest BCUT2D eigenvalue weighted by Crippen LogP contribution is 2.17. The van der Waals surface area contributed by atoms with Crippen molar-refractivity contribution in [3.63, 3.8) is 0 Å². The molecule has 21 heavy (non-hydrogen) atoms. The molecular formula is C13H23F3N2O3. The minimum Gasteiger partial charge on any atom is -0.481 e. The van der Waals surface area contributed by atoms with Crippen LogP contribution in [0.1, 0.15) is 33.6 Å². The lowest BCUT2D eigenvalue weighted by Crippen LogP contribution is -2.46. The molecule has 0 radical (unpaired) electrons. The SMILES string of the molecule is CCN(CC(F)(F)F)C(=O)NCC(CC(=O)O)CC(C)C. The lowest BCUT2D eigenvalue weighted by atomic mass is 9.94. The summed E-state index contributed by atoms with van der Waals surface area (Å²) in [6.07, 6.45) is -3.99. The molecule has 8 heteroatoms. The number of rotatable bonds is 8. The summed E-state index contributed by atoms with van der Waals surface area (Å²) in [6.45, 7) is 3.95. The van der Waals surface area contributed by atoms with E-state index in [2.05, 4.69) is 5.32 Å². The molecule has 0 aromatic carbocycles. The van der Waals surface area contributed by atoms with Gasteiger partial charge in [0.05, 0.1) is 0 Å². The highest BCUT2D eigenvalue weighted by Gasteiger charge is 2.32. The number of nitrogens with zero attached hydrogens (tertiary/aromatic N) is 1. The number of hydrogen-bond acceptors (Lipinski definition) is 2. The van der Waals surface area contributed by atoms with Gasteiger partial charge in [-0.1, -0.05) is 13.8 Å². The van der Waals surface area contributed by atoms with E-state index in [1.165, 1.54) is 6.92 Å². The lowest BCUT2D eigenvalue weighted by molar-refractivity contribution is -0.139. The summed E-state index contributed by atoms with van der Waals surface area (Å²) in [5.74, 6) is -1.04. The number of carbonyl (C=O) groups is 2. The van der Waals surface area contributed by atoms with E-state index in [0.717, 1.165) is 0 Å². The number of hydrogen-bond donors (Lipinski definition) is 2. The Bertz CT molecular complexity index is 346. The van der Waals surface area contributed by atoms with E-state index in [1.54, 1.807) is 0 Å². The van der Waals surface area contributed by atoms with Gasteiger partial charge in [-0.2, -0.15) is 13.2 Å². The van der Waals surface area contributed by atoms with Gasteiger partial charge in [-0.25, -0.2) is 4.79 Å². The van der Waals surface area contributed by atoms with Crippen LogP contribution in [0, 0.1) is 11.8 Å². The number of alkyl halides is 3. The van der Waals surface area contributed by atoms with Crippen molar-refractivity contribution in [2.24, 2.45) is 11.8 Å². The molecule has 0 aliphatic heterocycles. The predicted octanol–water partition coefficient (Wildman–Crippen LogP) is 2.72. The Morgan fingerprint density at radius 1 is 1.29 bits per heavy atom. The summed E-state index contributed by atoms with van der Waals surface area (Å²) in [4.78, 5) is 23.1. The van der Waals surface area contributed by atoms with E-state index in [1.807, 2.05) is 13.8 Å². The molecule has 124 valence electrons. The summed E-state index contributed by atoms with van der Waals surface area (Å²) in [5.41, 5.74) is 0. The molecule has 0 bridgehead atoms. The standard InChI is InChI=1S/C13H23F3N2O3/c1-4-18(8-13(14,15)16)12(21)17-7-10(5-9(2)3)6-11(19)20/h9-10H,4-8H2,1-3H3,(H,17,21)(H,19,20). The number of carboxylic acid groups (broad SMARTS) is 1.